The average Bonchev–Trinajstić information content (AvgIpc) is 2.55. The Morgan fingerprint density at radius 2 is 1.61 bits per heavy atom. The van der Waals surface area contributed by atoms with Crippen LogP contribution in [-0.2, 0) is 10.0 Å². The van der Waals surface area contributed by atoms with Crippen molar-refractivity contribution in [1.82, 2.24) is 4.31 Å². The molecule has 1 saturated heterocycles. The van der Waals surface area contributed by atoms with Gasteiger partial charge < -0.3 is 4.90 Å². The van der Waals surface area contributed by atoms with Gasteiger partial charge in [-0.1, -0.05) is 28.1 Å². The molecule has 1 aliphatic rings. The molecule has 0 N–H and O–H groups in total. The van der Waals surface area contributed by atoms with Crippen LogP contribution in [0.4, 0.5) is 5.69 Å². The summed E-state index contributed by atoms with van der Waals surface area (Å²) >= 11 is 3.33. The Balaban J connectivity index is 1.72. The first-order valence-electron chi connectivity index (χ1n) is 7.54. The second kappa shape index (κ2) is 6.63. The first-order chi connectivity index (χ1) is 11.0. The van der Waals surface area contributed by atoms with Crippen molar-refractivity contribution < 1.29 is 8.42 Å². The van der Waals surface area contributed by atoms with Crippen molar-refractivity contribution in [3.05, 3.63) is 58.6 Å². The number of aryl methyl sites for hydroxylation is 1. The van der Waals surface area contributed by atoms with Crippen LogP contribution in [-0.4, -0.2) is 38.9 Å². The van der Waals surface area contributed by atoms with Gasteiger partial charge in [0.25, 0.3) is 0 Å². The smallest absolute Gasteiger partial charge is 0.243 e. The fourth-order valence-corrected chi connectivity index (χ4v) is 4.45. The summed E-state index contributed by atoms with van der Waals surface area (Å²) in [5, 5.41) is 0. The van der Waals surface area contributed by atoms with Crippen LogP contribution in [0.2, 0.25) is 0 Å². The highest BCUT2D eigenvalue weighted by Gasteiger charge is 2.28. The average molecular weight is 395 g/mol. The van der Waals surface area contributed by atoms with Crippen molar-refractivity contribution >= 4 is 31.6 Å². The van der Waals surface area contributed by atoms with E-state index in [1.165, 1.54) is 5.56 Å². The van der Waals surface area contributed by atoms with Gasteiger partial charge in [-0.3, -0.25) is 0 Å². The lowest BCUT2D eigenvalue weighted by Gasteiger charge is -2.35. The number of piperazine rings is 1. The summed E-state index contributed by atoms with van der Waals surface area (Å²) < 4.78 is 27.8. The van der Waals surface area contributed by atoms with Gasteiger partial charge >= 0.3 is 0 Å². The zero-order valence-corrected chi connectivity index (χ0v) is 15.3. The number of anilines is 1. The van der Waals surface area contributed by atoms with E-state index in [4.69, 9.17) is 0 Å². The molecule has 0 radical (unpaired) electrons. The van der Waals surface area contributed by atoms with E-state index in [-0.39, 0.29) is 0 Å². The van der Waals surface area contributed by atoms with E-state index in [0.717, 1.165) is 10.2 Å². The lowest BCUT2D eigenvalue weighted by Crippen LogP contribution is -2.48. The minimum absolute atomic E-state index is 0.352. The molecule has 0 unspecified atom stereocenters. The summed E-state index contributed by atoms with van der Waals surface area (Å²) in [6.07, 6.45) is 0. The summed E-state index contributed by atoms with van der Waals surface area (Å²) in [5.74, 6) is 0. The second-order valence-electron chi connectivity index (χ2n) is 5.68. The maximum absolute atomic E-state index is 12.7. The van der Waals surface area contributed by atoms with E-state index in [0.29, 0.717) is 31.1 Å². The van der Waals surface area contributed by atoms with E-state index < -0.39 is 10.0 Å². The van der Waals surface area contributed by atoms with Gasteiger partial charge in [-0.25, -0.2) is 8.42 Å². The second-order valence-corrected chi connectivity index (χ2v) is 8.54. The van der Waals surface area contributed by atoms with Gasteiger partial charge in [-0.2, -0.15) is 4.31 Å². The largest absolute Gasteiger partial charge is 0.369 e. The molecule has 0 bridgehead atoms. The molecule has 6 heteroatoms. The summed E-state index contributed by atoms with van der Waals surface area (Å²) in [6, 6.07) is 15.1. The maximum Gasteiger partial charge on any atom is 0.243 e. The summed E-state index contributed by atoms with van der Waals surface area (Å²) in [5.41, 5.74) is 2.37. The molecule has 1 aliphatic heterocycles. The van der Waals surface area contributed by atoms with Crippen LogP contribution in [0, 0.1) is 6.92 Å². The number of hydrogen-bond acceptors (Lipinski definition) is 3. The highest BCUT2D eigenvalue weighted by Crippen LogP contribution is 2.22. The first kappa shape index (κ1) is 16.5. The molecule has 23 heavy (non-hydrogen) atoms. The summed E-state index contributed by atoms with van der Waals surface area (Å²) in [4.78, 5) is 2.59. The van der Waals surface area contributed by atoms with E-state index >= 15 is 0 Å². The van der Waals surface area contributed by atoms with Crippen LogP contribution < -0.4 is 4.90 Å². The number of hydrogen-bond donors (Lipinski definition) is 0. The fraction of sp³-hybridized carbons (Fsp3) is 0.294. The van der Waals surface area contributed by atoms with E-state index in [9.17, 15) is 8.42 Å². The Morgan fingerprint density at radius 1 is 0.957 bits per heavy atom. The minimum Gasteiger partial charge on any atom is -0.369 e. The monoisotopic (exact) mass is 394 g/mol. The highest BCUT2D eigenvalue weighted by atomic mass is 79.9. The van der Waals surface area contributed by atoms with Gasteiger partial charge in [0, 0.05) is 36.3 Å². The molecule has 2 aromatic rings. The molecule has 0 amide bonds. The van der Waals surface area contributed by atoms with Gasteiger partial charge in [0.05, 0.1) is 4.90 Å². The number of nitrogens with zero attached hydrogens (tertiary/aromatic N) is 2. The predicted molar refractivity (Wildman–Crippen MR) is 96.3 cm³/mol. The molecule has 0 spiro atoms. The van der Waals surface area contributed by atoms with Gasteiger partial charge in [-0.05, 0) is 48.9 Å². The van der Waals surface area contributed by atoms with Crippen LogP contribution in [0.15, 0.2) is 57.9 Å². The Labute approximate surface area is 145 Å². The molecule has 0 atom stereocenters. The fourth-order valence-electron chi connectivity index (χ4n) is 2.77. The van der Waals surface area contributed by atoms with Gasteiger partial charge in [0.1, 0.15) is 0 Å². The standard InChI is InChI=1S/C17H19BrN2O2S/c1-14-3-2-4-16(13-14)19-9-11-20(12-10-19)23(21,22)17-7-5-15(18)6-8-17/h2-8,13H,9-12H2,1H3. The molecule has 0 aliphatic carbocycles. The van der Waals surface area contributed by atoms with Crippen molar-refractivity contribution in [2.45, 2.75) is 11.8 Å². The van der Waals surface area contributed by atoms with Crippen LogP contribution in [0.3, 0.4) is 0 Å². The molecule has 3 rings (SSSR count). The molecule has 1 fully saturated rings. The van der Waals surface area contributed by atoms with Crippen molar-refractivity contribution in [3.63, 3.8) is 0 Å². The normalized spacial score (nSPS) is 16.5. The van der Waals surface area contributed by atoms with Crippen LogP contribution in [0.1, 0.15) is 5.56 Å². The molecule has 1 heterocycles. The molecular formula is C17H19BrN2O2S. The quantitative estimate of drug-likeness (QED) is 0.801. The Morgan fingerprint density at radius 3 is 2.22 bits per heavy atom. The van der Waals surface area contributed by atoms with Gasteiger partial charge in [-0.15, -0.1) is 0 Å². The number of rotatable bonds is 3. The number of halogens is 1. The zero-order valence-electron chi connectivity index (χ0n) is 12.9. The molecular weight excluding hydrogens is 376 g/mol. The summed E-state index contributed by atoms with van der Waals surface area (Å²) in [6.45, 7) is 4.49. The van der Waals surface area contributed by atoms with Gasteiger partial charge in [0.2, 0.25) is 10.0 Å². The maximum atomic E-state index is 12.7. The lowest BCUT2D eigenvalue weighted by atomic mass is 10.2. The molecule has 0 saturated carbocycles. The third-order valence-corrected chi connectivity index (χ3v) is 6.50. The summed E-state index contributed by atoms with van der Waals surface area (Å²) in [7, 11) is -3.41. The van der Waals surface area contributed by atoms with Crippen molar-refractivity contribution in [2.75, 3.05) is 31.1 Å². The number of sulfonamides is 1. The lowest BCUT2D eigenvalue weighted by molar-refractivity contribution is 0.385. The third kappa shape index (κ3) is 3.59. The predicted octanol–water partition coefficient (Wildman–Crippen LogP) is 3.27. The van der Waals surface area contributed by atoms with Crippen LogP contribution in [0.5, 0.6) is 0 Å². The molecule has 122 valence electrons. The molecule has 2 aromatic carbocycles. The van der Waals surface area contributed by atoms with E-state index in [1.54, 1.807) is 28.6 Å². The first-order valence-corrected chi connectivity index (χ1v) is 9.77. The molecule has 4 nitrogen and oxygen atoms in total. The Kier molecular flexibility index (Phi) is 4.75. The van der Waals surface area contributed by atoms with Gasteiger partial charge in [0.15, 0.2) is 0 Å². The zero-order chi connectivity index (χ0) is 16.4. The van der Waals surface area contributed by atoms with E-state index in [2.05, 4.69) is 46.0 Å². The van der Waals surface area contributed by atoms with Crippen molar-refractivity contribution in [1.29, 1.82) is 0 Å². The SMILES string of the molecule is Cc1cccc(N2CCN(S(=O)(=O)c3ccc(Br)cc3)CC2)c1. The Hall–Kier alpha value is -1.37. The third-order valence-electron chi connectivity index (χ3n) is 4.06. The number of benzene rings is 2. The Bertz CT molecular complexity index is 782. The van der Waals surface area contributed by atoms with Crippen LogP contribution >= 0.6 is 15.9 Å². The van der Waals surface area contributed by atoms with Crippen LogP contribution in [0.25, 0.3) is 0 Å². The topological polar surface area (TPSA) is 40.6 Å². The molecule has 0 aromatic heterocycles. The van der Waals surface area contributed by atoms with Crippen molar-refractivity contribution in [3.8, 4) is 0 Å². The van der Waals surface area contributed by atoms with E-state index in [1.807, 2.05) is 6.07 Å². The highest BCUT2D eigenvalue weighted by molar-refractivity contribution is 9.10. The minimum atomic E-state index is -3.41. The van der Waals surface area contributed by atoms with Crippen molar-refractivity contribution in [2.24, 2.45) is 0 Å².